The molecule has 0 heterocycles. The average molecular weight is 393 g/mol. The van der Waals surface area contributed by atoms with E-state index in [2.05, 4.69) is 5.32 Å². The largest absolute Gasteiger partial charge is 0.504 e. The fraction of sp³-hybridized carbons (Fsp3) is 0.263. The third kappa shape index (κ3) is 4.32. The van der Waals surface area contributed by atoms with Crippen LogP contribution in [0, 0.1) is 0 Å². The summed E-state index contributed by atoms with van der Waals surface area (Å²) in [6, 6.07) is 10.4. The molecule has 8 heteroatoms. The van der Waals surface area contributed by atoms with Crippen LogP contribution in [-0.4, -0.2) is 38.8 Å². The molecule has 0 saturated carbocycles. The van der Waals surface area contributed by atoms with Gasteiger partial charge in [-0.1, -0.05) is 30.3 Å². The maximum Gasteiger partial charge on any atom is 0.326 e. The first kappa shape index (κ1) is 20.5. The number of nitrogens with one attached hydrogen (secondary N) is 1. The Bertz CT molecular complexity index is 846. The van der Waals surface area contributed by atoms with Crippen LogP contribution in [0.1, 0.15) is 16.7 Å². The van der Waals surface area contributed by atoms with Gasteiger partial charge >= 0.3 is 5.97 Å². The van der Waals surface area contributed by atoms with E-state index >= 15 is 0 Å². The molecule has 6 N–H and O–H groups in total. The number of hydrogen-bond acceptors (Lipinski definition) is 5. The summed E-state index contributed by atoms with van der Waals surface area (Å²) in [4.78, 5) is 24.2. The van der Waals surface area contributed by atoms with E-state index in [4.69, 9.17) is 5.73 Å². The summed E-state index contributed by atoms with van der Waals surface area (Å²) in [6.07, 6.45) is 0.653. The van der Waals surface area contributed by atoms with Gasteiger partial charge in [-0.25, -0.2) is 4.79 Å². The Balaban J connectivity index is 0.00000261. The molecule has 0 fully saturated rings. The van der Waals surface area contributed by atoms with Gasteiger partial charge in [0.25, 0.3) is 0 Å². The molecule has 0 unspecified atom stereocenters. The highest BCUT2D eigenvalue weighted by molar-refractivity contribution is 5.91. The summed E-state index contributed by atoms with van der Waals surface area (Å²) in [5.74, 6) is -2.37. The van der Waals surface area contributed by atoms with Gasteiger partial charge in [0, 0.05) is 6.42 Å². The highest BCUT2D eigenvalue weighted by Gasteiger charge is 2.41. The van der Waals surface area contributed by atoms with E-state index in [1.54, 1.807) is 0 Å². The zero-order valence-corrected chi connectivity index (χ0v) is 15.2. The molecule has 0 saturated heterocycles. The number of fused-ring (bicyclic) bond motifs is 1. The van der Waals surface area contributed by atoms with Crippen LogP contribution in [0.25, 0.3) is 0 Å². The van der Waals surface area contributed by atoms with Crippen molar-refractivity contribution in [2.45, 2.75) is 30.8 Å². The van der Waals surface area contributed by atoms with Gasteiger partial charge in [-0.15, -0.1) is 12.4 Å². The topological polar surface area (TPSA) is 133 Å². The lowest BCUT2D eigenvalue weighted by Gasteiger charge is -2.25. The molecule has 1 atom stereocenters. The number of phenols is 2. The molecular formula is C19H21ClN2O5. The number of benzene rings is 2. The van der Waals surface area contributed by atoms with Gasteiger partial charge in [-0.3, -0.25) is 4.79 Å². The Hall–Kier alpha value is -2.77. The first-order chi connectivity index (χ1) is 12.3. The predicted octanol–water partition coefficient (Wildman–Crippen LogP) is 1.13. The van der Waals surface area contributed by atoms with Crippen LogP contribution >= 0.6 is 12.4 Å². The van der Waals surface area contributed by atoms with Gasteiger partial charge in [0.1, 0.15) is 11.6 Å². The highest BCUT2D eigenvalue weighted by Crippen LogP contribution is 2.29. The van der Waals surface area contributed by atoms with Crippen LogP contribution in [0.2, 0.25) is 0 Å². The number of halogens is 1. The minimum atomic E-state index is -1.20. The third-order valence-corrected chi connectivity index (χ3v) is 4.67. The molecule has 1 amide bonds. The van der Waals surface area contributed by atoms with Gasteiger partial charge < -0.3 is 26.4 Å². The quantitative estimate of drug-likeness (QED) is 0.484. The van der Waals surface area contributed by atoms with E-state index in [1.165, 1.54) is 18.2 Å². The van der Waals surface area contributed by atoms with Crippen LogP contribution in [0.4, 0.5) is 0 Å². The van der Waals surface area contributed by atoms with E-state index in [-0.39, 0.29) is 30.3 Å². The van der Waals surface area contributed by atoms with Crippen molar-refractivity contribution in [3.05, 3.63) is 59.2 Å². The van der Waals surface area contributed by atoms with Gasteiger partial charge in [-0.05, 0) is 41.7 Å². The summed E-state index contributed by atoms with van der Waals surface area (Å²) in [5, 5.41) is 30.8. The second-order valence-corrected chi connectivity index (χ2v) is 6.67. The predicted molar refractivity (Wildman–Crippen MR) is 101 cm³/mol. The highest BCUT2D eigenvalue weighted by atomic mass is 35.5. The molecule has 0 bridgehead atoms. The summed E-state index contributed by atoms with van der Waals surface area (Å²) in [5.41, 5.74) is 7.51. The fourth-order valence-electron chi connectivity index (χ4n) is 3.24. The molecular weight excluding hydrogens is 372 g/mol. The Kier molecular flexibility index (Phi) is 5.98. The fourth-order valence-corrected chi connectivity index (χ4v) is 3.24. The second-order valence-electron chi connectivity index (χ2n) is 6.67. The molecule has 0 radical (unpaired) electrons. The van der Waals surface area contributed by atoms with Crippen molar-refractivity contribution in [2.75, 3.05) is 0 Å². The molecule has 1 aliphatic carbocycles. The number of nitrogens with two attached hydrogens (primary N) is 1. The normalized spacial score (nSPS) is 15.3. The van der Waals surface area contributed by atoms with Crippen LogP contribution in [-0.2, 0) is 28.9 Å². The second kappa shape index (κ2) is 7.85. The maximum atomic E-state index is 12.7. The summed E-state index contributed by atoms with van der Waals surface area (Å²) >= 11 is 0. The molecule has 1 aliphatic rings. The number of aromatic hydroxyl groups is 2. The standard InChI is InChI=1S/C19H20N2O5.ClH/c20-19(9-12-3-1-2-4-13(12)10-19)18(26)21-14(17(24)25)7-11-5-6-15(22)16(23)8-11;/h1-6,8,14,22-23H,7,9-10,20H2,(H,21,26)(H,24,25);1H/t14-;/m1./s1. The van der Waals surface area contributed by atoms with Crippen LogP contribution < -0.4 is 11.1 Å². The Labute approximate surface area is 162 Å². The van der Waals surface area contributed by atoms with E-state index in [0.29, 0.717) is 18.4 Å². The number of phenolic OH excluding ortho intramolecular Hbond substituents is 2. The van der Waals surface area contributed by atoms with Crippen molar-refractivity contribution in [1.82, 2.24) is 5.32 Å². The summed E-state index contributed by atoms with van der Waals surface area (Å²) in [7, 11) is 0. The van der Waals surface area contributed by atoms with Crippen molar-refractivity contribution in [3.8, 4) is 11.5 Å². The molecule has 2 aromatic carbocycles. The lowest BCUT2D eigenvalue weighted by Crippen LogP contribution is -2.58. The first-order valence-electron chi connectivity index (χ1n) is 8.19. The Morgan fingerprint density at radius 1 is 1.07 bits per heavy atom. The molecule has 0 aromatic heterocycles. The molecule has 7 nitrogen and oxygen atoms in total. The molecule has 0 aliphatic heterocycles. The van der Waals surface area contributed by atoms with Crippen LogP contribution in [0.15, 0.2) is 42.5 Å². The van der Waals surface area contributed by atoms with E-state index in [0.717, 1.165) is 11.1 Å². The zero-order valence-electron chi connectivity index (χ0n) is 14.4. The van der Waals surface area contributed by atoms with Crippen molar-refractivity contribution in [2.24, 2.45) is 5.73 Å². The Morgan fingerprint density at radius 2 is 1.67 bits per heavy atom. The smallest absolute Gasteiger partial charge is 0.326 e. The average Bonchev–Trinajstić information content (AvgIpc) is 2.94. The van der Waals surface area contributed by atoms with E-state index in [1.807, 2.05) is 24.3 Å². The van der Waals surface area contributed by atoms with Crippen molar-refractivity contribution in [3.63, 3.8) is 0 Å². The van der Waals surface area contributed by atoms with Gasteiger partial charge in [0.05, 0.1) is 0 Å². The minimum Gasteiger partial charge on any atom is -0.504 e. The minimum absolute atomic E-state index is 0. The summed E-state index contributed by atoms with van der Waals surface area (Å²) < 4.78 is 0. The van der Waals surface area contributed by atoms with E-state index < -0.39 is 23.5 Å². The number of carboxylic acid groups (broad SMARTS) is 1. The van der Waals surface area contributed by atoms with Gasteiger partial charge in [0.2, 0.25) is 5.91 Å². The van der Waals surface area contributed by atoms with Crippen molar-refractivity contribution in [1.29, 1.82) is 0 Å². The number of carbonyl (C=O) groups is 2. The molecule has 0 spiro atoms. The first-order valence-corrected chi connectivity index (χ1v) is 8.19. The Morgan fingerprint density at radius 3 is 2.19 bits per heavy atom. The van der Waals surface area contributed by atoms with Crippen LogP contribution in [0.5, 0.6) is 11.5 Å². The molecule has 27 heavy (non-hydrogen) atoms. The van der Waals surface area contributed by atoms with Crippen molar-refractivity contribution < 1.29 is 24.9 Å². The van der Waals surface area contributed by atoms with E-state index in [9.17, 15) is 24.9 Å². The maximum absolute atomic E-state index is 12.7. The van der Waals surface area contributed by atoms with Crippen molar-refractivity contribution >= 4 is 24.3 Å². The third-order valence-electron chi connectivity index (χ3n) is 4.67. The molecule has 2 aromatic rings. The molecule has 144 valence electrons. The number of aliphatic carboxylic acids is 1. The van der Waals surface area contributed by atoms with Gasteiger partial charge in [-0.2, -0.15) is 0 Å². The monoisotopic (exact) mass is 392 g/mol. The SMILES string of the molecule is Cl.NC1(C(=O)N[C@H](Cc2ccc(O)c(O)c2)C(=O)O)Cc2ccccc2C1. The molecule has 3 rings (SSSR count). The van der Waals surface area contributed by atoms with Gasteiger partial charge in [0.15, 0.2) is 11.5 Å². The van der Waals surface area contributed by atoms with Crippen LogP contribution in [0.3, 0.4) is 0 Å². The number of carboxylic acids is 1. The lowest BCUT2D eigenvalue weighted by atomic mass is 9.95. The number of hydrogen-bond donors (Lipinski definition) is 5. The zero-order chi connectivity index (χ0) is 18.9. The number of rotatable bonds is 5. The number of amides is 1. The lowest BCUT2D eigenvalue weighted by molar-refractivity contribution is -0.142. The number of carbonyl (C=O) groups excluding carboxylic acids is 1. The summed E-state index contributed by atoms with van der Waals surface area (Å²) in [6.45, 7) is 0.